The fraction of sp³-hybridized carbons (Fsp3) is 0.500. The lowest BCUT2D eigenvalue weighted by molar-refractivity contribution is 0.202. The van der Waals surface area contributed by atoms with Crippen LogP contribution in [-0.4, -0.2) is 34.2 Å². The van der Waals surface area contributed by atoms with Gasteiger partial charge in [-0.1, -0.05) is 23.4 Å². The van der Waals surface area contributed by atoms with Gasteiger partial charge in [-0.25, -0.2) is 4.68 Å². The SMILES string of the molecule is COCCc1ccccc1-n1nncc1CNC(C)(C)C. The molecular formula is C16H24N4O. The van der Waals surface area contributed by atoms with Gasteiger partial charge in [0.2, 0.25) is 0 Å². The summed E-state index contributed by atoms with van der Waals surface area (Å²) < 4.78 is 7.09. The van der Waals surface area contributed by atoms with Crippen molar-refractivity contribution in [2.24, 2.45) is 0 Å². The fourth-order valence-corrected chi connectivity index (χ4v) is 2.08. The third-order valence-electron chi connectivity index (χ3n) is 3.22. The average molecular weight is 288 g/mol. The Kier molecular flexibility index (Phi) is 5.09. The molecule has 0 fully saturated rings. The van der Waals surface area contributed by atoms with E-state index in [9.17, 15) is 0 Å². The van der Waals surface area contributed by atoms with Gasteiger partial charge < -0.3 is 10.1 Å². The van der Waals surface area contributed by atoms with Gasteiger partial charge in [-0.3, -0.25) is 0 Å². The van der Waals surface area contributed by atoms with Crippen molar-refractivity contribution in [3.05, 3.63) is 41.7 Å². The number of benzene rings is 1. The van der Waals surface area contributed by atoms with Gasteiger partial charge in [-0.2, -0.15) is 0 Å². The van der Waals surface area contributed by atoms with Crippen molar-refractivity contribution in [2.75, 3.05) is 13.7 Å². The Morgan fingerprint density at radius 1 is 1.24 bits per heavy atom. The quantitative estimate of drug-likeness (QED) is 0.886. The zero-order valence-corrected chi connectivity index (χ0v) is 13.3. The number of nitrogens with zero attached hydrogens (tertiary/aromatic N) is 3. The number of methoxy groups -OCH3 is 1. The van der Waals surface area contributed by atoms with Crippen LogP contribution in [0.5, 0.6) is 0 Å². The highest BCUT2D eigenvalue weighted by atomic mass is 16.5. The molecular weight excluding hydrogens is 264 g/mol. The average Bonchev–Trinajstić information content (AvgIpc) is 2.91. The van der Waals surface area contributed by atoms with Crippen molar-refractivity contribution >= 4 is 0 Å². The summed E-state index contributed by atoms with van der Waals surface area (Å²) >= 11 is 0. The number of hydrogen-bond acceptors (Lipinski definition) is 4. The zero-order valence-electron chi connectivity index (χ0n) is 13.3. The van der Waals surface area contributed by atoms with Crippen molar-refractivity contribution in [1.29, 1.82) is 0 Å². The summed E-state index contributed by atoms with van der Waals surface area (Å²) in [5, 5.41) is 11.8. The summed E-state index contributed by atoms with van der Waals surface area (Å²) in [6.07, 6.45) is 2.67. The van der Waals surface area contributed by atoms with Crippen LogP contribution in [0.4, 0.5) is 0 Å². The van der Waals surface area contributed by atoms with Crippen LogP contribution in [-0.2, 0) is 17.7 Å². The lowest BCUT2D eigenvalue weighted by Gasteiger charge is -2.20. The van der Waals surface area contributed by atoms with Crippen molar-refractivity contribution in [3.8, 4) is 5.69 Å². The lowest BCUT2D eigenvalue weighted by Crippen LogP contribution is -2.35. The number of ether oxygens (including phenoxy) is 1. The molecule has 1 aromatic carbocycles. The number of rotatable bonds is 6. The molecule has 5 nitrogen and oxygen atoms in total. The molecule has 5 heteroatoms. The van der Waals surface area contributed by atoms with Gasteiger partial charge >= 0.3 is 0 Å². The Morgan fingerprint density at radius 3 is 2.71 bits per heavy atom. The van der Waals surface area contributed by atoms with Crippen LogP contribution >= 0.6 is 0 Å². The van der Waals surface area contributed by atoms with Gasteiger partial charge in [0.25, 0.3) is 0 Å². The molecule has 0 aliphatic carbocycles. The van der Waals surface area contributed by atoms with E-state index >= 15 is 0 Å². The summed E-state index contributed by atoms with van der Waals surface area (Å²) in [6.45, 7) is 7.87. The van der Waals surface area contributed by atoms with E-state index in [-0.39, 0.29) is 5.54 Å². The van der Waals surface area contributed by atoms with Crippen LogP contribution in [0, 0.1) is 0 Å². The minimum Gasteiger partial charge on any atom is -0.384 e. The largest absolute Gasteiger partial charge is 0.384 e. The van der Waals surface area contributed by atoms with Gasteiger partial charge in [0.05, 0.1) is 24.2 Å². The Balaban J connectivity index is 2.24. The Morgan fingerprint density at radius 2 is 2.00 bits per heavy atom. The predicted molar refractivity (Wildman–Crippen MR) is 83.5 cm³/mol. The molecule has 1 N–H and O–H groups in total. The van der Waals surface area contributed by atoms with Crippen LogP contribution in [0.3, 0.4) is 0 Å². The molecule has 1 aromatic heterocycles. The van der Waals surface area contributed by atoms with E-state index in [0.717, 1.165) is 24.3 Å². The minimum atomic E-state index is 0.0602. The summed E-state index contributed by atoms with van der Waals surface area (Å²) in [5.41, 5.74) is 3.39. The molecule has 0 unspecified atom stereocenters. The Bertz CT molecular complexity index is 572. The van der Waals surface area contributed by atoms with Gasteiger partial charge in [0.15, 0.2) is 0 Å². The van der Waals surface area contributed by atoms with Crippen LogP contribution in [0.1, 0.15) is 32.0 Å². The normalized spacial score (nSPS) is 11.8. The van der Waals surface area contributed by atoms with E-state index in [1.54, 1.807) is 7.11 Å². The number of hydrogen-bond donors (Lipinski definition) is 1. The Labute approximate surface area is 126 Å². The highest BCUT2D eigenvalue weighted by Crippen LogP contribution is 2.16. The summed E-state index contributed by atoms with van der Waals surface area (Å²) in [4.78, 5) is 0. The topological polar surface area (TPSA) is 52.0 Å². The van der Waals surface area contributed by atoms with E-state index in [1.165, 1.54) is 5.56 Å². The summed E-state index contributed by atoms with van der Waals surface area (Å²) in [7, 11) is 1.72. The summed E-state index contributed by atoms with van der Waals surface area (Å²) in [5.74, 6) is 0. The number of aromatic nitrogens is 3. The third kappa shape index (κ3) is 4.37. The van der Waals surface area contributed by atoms with Crippen molar-refractivity contribution in [2.45, 2.75) is 39.3 Å². The van der Waals surface area contributed by atoms with Gasteiger partial charge in [0, 0.05) is 19.2 Å². The van der Waals surface area contributed by atoms with E-state index in [4.69, 9.17) is 4.74 Å². The molecule has 0 aliphatic rings. The standard InChI is InChI=1S/C16H24N4O/c1-16(2,3)17-11-14-12-18-19-20(14)15-8-6-5-7-13(15)9-10-21-4/h5-8,12,17H,9-11H2,1-4H3. The second kappa shape index (κ2) is 6.83. The van der Waals surface area contributed by atoms with E-state index in [0.29, 0.717) is 6.61 Å². The molecule has 114 valence electrons. The molecule has 0 amide bonds. The first kappa shape index (κ1) is 15.7. The molecule has 0 saturated carbocycles. The molecule has 0 radical (unpaired) electrons. The Hall–Kier alpha value is -1.72. The maximum absolute atomic E-state index is 5.18. The number of nitrogens with one attached hydrogen (secondary N) is 1. The highest BCUT2D eigenvalue weighted by molar-refractivity contribution is 5.41. The highest BCUT2D eigenvalue weighted by Gasteiger charge is 2.13. The molecule has 0 spiro atoms. The first-order valence-corrected chi connectivity index (χ1v) is 7.23. The van der Waals surface area contributed by atoms with E-state index < -0.39 is 0 Å². The van der Waals surface area contributed by atoms with Crippen LogP contribution < -0.4 is 5.32 Å². The molecule has 1 heterocycles. The van der Waals surface area contributed by atoms with Crippen LogP contribution in [0.25, 0.3) is 5.69 Å². The molecule has 21 heavy (non-hydrogen) atoms. The minimum absolute atomic E-state index is 0.0602. The third-order valence-corrected chi connectivity index (χ3v) is 3.22. The maximum atomic E-state index is 5.18. The first-order chi connectivity index (χ1) is 10.0. The second-order valence-corrected chi connectivity index (χ2v) is 6.11. The second-order valence-electron chi connectivity index (χ2n) is 6.11. The molecule has 0 bridgehead atoms. The first-order valence-electron chi connectivity index (χ1n) is 7.23. The smallest absolute Gasteiger partial charge is 0.0783 e. The predicted octanol–water partition coefficient (Wildman–Crippen LogP) is 2.34. The van der Waals surface area contributed by atoms with Crippen LogP contribution in [0.2, 0.25) is 0 Å². The van der Waals surface area contributed by atoms with Crippen LogP contribution in [0.15, 0.2) is 30.5 Å². The van der Waals surface area contributed by atoms with E-state index in [2.05, 4.69) is 48.5 Å². The van der Waals surface area contributed by atoms with Crippen molar-refractivity contribution in [3.63, 3.8) is 0 Å². The molecule has 0 atom stereocenters. The molecule has 0 aliphatic heterocycles. The molecule has 2 rings (SSSR count). The zero-order chi connectivity index (χ0) is 15.3. The van der Waals surface area contributed by atoms with Gasteiger partial charge in [-0.05, 0) is 38.8 Å². The van der Waals surface area contributed by atoms with Gasteiger partial charge in [0.1, 0.15) is 0 Å². The molecule has 2 aromatic rings. The molecule has 0 saturated heterocycles. The number of para-hydroxylation sites is 1. The lowest BCUT2D eigenvalue weighted by atomic mass is 10.1. The van der Waals surface area contributed by atoms with E-state index in [1.807, 2.05) is 23.0 Å². The van der Waals surface area contributed by atoms with Crippen molar-refractivity contribution in [1.82, 2.24) is 20.3 Å². The fourth-order valence-electron chi connectivity index (χ4n) is 2.08. The monoisotopic (exact) mass is 288 g/mol. The maximum Gasteiger partial charge on any atom is 0.0783 e. The van der Waals surface area contributed by atoms with Gasteiger partial charge in [-0.15, -0.1) is 5.10 Å². The summed E-state index contributed by atoms with van der Waals surface area (Å²) in [6, 6.07) is 8.24. The van der Waals surface area contributed by atoms with Crippen molar-refractivity contribution < 1.29 is 4.74 Å².